The van der Waals surface area contributed by atoms with Crippen LogP contribution in [-0.2, 0) is 7.05 Å². The summed E-state index contributed by atoms with van der Waals surface area (Å²) in [5.41, 5.74) is 5.50. The van der Waals surface area contributed by atoms with Crippen LogP contribution in [0.4, 0.5) is 5.82 Å². The molecule has 0 aliphatic carbocycles. The van der Waals surface area contributed by atoms with Crippen LogP contribution in [0, 0.1) is 0 Å². The first kappa shape index (κ1) is 8.88. The van der Waals surface area contributed by atoms with Gasteiger partial charge in [-0.3, -0.25) is 0 Å². The molecule has 0 spiro atoms. The molecular formula is C6H7N7S. The predicted octanol–water partition coefficient (Wildman–Crippen LogP) is -0.267. The number of hydrogen-bond donors (Lipinski definition) is 1. The topological polar surface area (TPSA) is 95.4 Å². The molecule has 0 saturated heterocycles. The first-order chi connectivity index (χ1) is 6.75. The summed E-state index contributed by atoms with van der Waals surface area (Å²) < 4.78 is 1.56. The summed E-state index contributed by atoms with van der Waals surface area (Å²) in [7, 11) is 1.76. The standard InChI is InChI=1S/C6H7N7S/c1-13-6(10-11-12-13)14-5-2-4(7)8-3-9-5/h2-3H,1H3,(H2,7,8,9). The smallest absolute Gasteiger partial charge is 0.215 e. The summed E-state index contributed by atoms with van der Waals surface area (Å²) >= 11 is 1.33. The molecule has 2 aromatic rings. The molecule has 8 heteroatoms. The van der Waals surface area contributed by atoms with Crippen LogP contribution in [0.2, 0.25) is 0 Å². The summed E-state index contributed by atoms with van der Waals surface area (Å²) in [6, 6.07) is 1.67. The molecular weight excluding hydrogens is 202 g/mol. The van der Waals surface area contributed by atoms with Crippen molar-refractivity contribution in [3.8, 4) is 0 Å². The highest BCUT2D eigenvalue weighted by atomic mass is 32.2. The van der Waals surface area contributed by atoms with Crippen molar-refractivity contribution in [2.45, 2.75) is 10.2 Å². The highest BCUT2D eigenvalue weighted by Gasteiger charge is 2.05. The minimum absolute atomic E-state index is 0.428. The number of aromatic nitrogens is 6. The minimum atomic E-state index is 0.428. The number of hydrogen-bond acceptors (Lipinski definition) is 7. The van der Waals surface area contributed by atoms with Gasteiger partial charge in [-0.1, -0.05) is 0 Å². The molecule has 0 aliphatic heterocycles. The van der Waals surface area contributed by atoms with Crippen molar-refractivity contribution in [2.75, 3.05) is 5.73 Å². The van der Waals surface area contributed by atoms with E-state index in [1.165, 1.54) is 18.1 Å². The molecule has 2 aromatic heterocycles. The molecule has 0 unspecified atom stereocenters. The third-order valence-corrected chi connectivity index (χ3v) is 2.40. The molecule has 2 rings (SSSR count). The Kier molecular flexibility index (Phi) is 2.27. The molecule has 2 heterocycles. The van der Waals surface area contributed by atoms with Crippen LogP contribution in [0.15, 0.2) is 22.6 Å². The van der Waals surface area contributed by atoms with E-state index in [-0.39, 0.29) is 0 Å². The fourth-order valence-corrected chi connectivity index (χ4v) is 1.52. The second-order valence-electron chi connectivity index (χ2n) is 2.47. The maximum Gasteiger partial charge on any atom is 0.215 e. The van der Waals surface area contributed by atoms with Gasteiger partial charge in [0.15, 0.2) is 0 Å². The van der Waals surface area contributed by atoms with E-state index in [1.54, 1.807) is 17.8 Å². The van der Waals surface area contributed by atoms with Crippen LogP contribution in [0.25, 0.3) is 0 Å². The van der Waals surface area contributed by atoms with Crippen molar-refractivity contribution < 1.29 is 0 Å². The predicted molar refractivity (Wildman–Crippen MR) is 49.4 cm³/mol. The van der Waals surface area contributed by atoms with Gasteiger partial charge in [0, 0.05) is 13.1 Å². The van der Waals surface area contributed by atoms with Crippen molar-refractivity contribution in [3.63, 3.8) is 0 Å². The van der Waals surface area contributed by atoms with Gasteiger partial charge in [0.25, 0.3) is 0 Å². The molecule has 0 atom stereocenters. The Morgan fingerprint density at radius 1 is 1.43 bits per heavy atom. The Hall–Kier alpha value is -1.70. The Morgan fingerprint density at radius 2 is 2.29 bits per heavy atom. The van der Waals surface area contributed by atoms with Crippen molar-refractivity contribution in [2.24, 2.45) is 7.05 Å². The van der Waals surface area contributed by atoms with Crippen molar-refractivity contribution in [1.82, 2.24) is 30.2 Å². The highest BCUT2D eigenvalue weighted by Crippen LogP contribution is 2.22. The Labute approximate surface area is 83.7 Å². The lowest BCUT2D eigenvalue weighted by molar-refractivity contribution is 0.664. The molecule has 0 fully saturated rings. The Bertz CT molecular complexity index is 439. The minimum Gasteiger partial charge on any atom is -0.384 e. The summed E-state index contributed by atoms with van der Waals surface area (Å²) in [5.74, 6) is 0.428. The molecule has 0 bridgehead atoms. The SMILES string of the molecule is Cn1nnnc1Sc1cc(N)ncn1. The van der Waals surface area contributed by atoms with Crippen LogP contribution in [0.1, 0.15) is 0 Å². The number of nitrogen functional groups attached to an aromatic ring is 1. The van der Waals surface area contributed by atoms with Gasteiger partial charge in [0.05, 0.1) is 0 Å². The van der Waals surface area contributed by atoms with Gasteiger partial charge < -0.3 is 5.73 Å². The highest BCUT2D eigenvalue weighted by molar-refractivity contribution is 7.99. The first-order valence-electron chi connectivity index (χ1n) is 3.73. The quantitative estimate of drug-likeness (QED) is 0.680. The van der Waals surface area contributed by atoms with Crippen LogP contribution < -0.4 is 5.73 Å². The molecule has 0 aromatic carbocycles. The summed E-state index contributed by atoms with van der Waals surface area (Å²) in [5, 5.41) is 12.4. The first-order valence-corrected chi connectivity index (χ1v) is 4.55. The van der Waals surface area contributed by atoms with Gasteiger partial charge in [-0.15, -0.1) is 5.10 Å². The average molecular weight is 209 g/mol. The molecule has 0 radical (unpaired) electrons. The fraction of sp³-hybridized carbons (Fsp3) is 0.167. The summed E-state index contributed by atoms with van der Waals surface area (Å²) in [6.07, 6.45) is 1.40. The number of nitrogens with two attached hydrogens (primary N) is 1. The normalized spacial score (nSPS) is 10.4. The van der Waals surface area contributed by atoms with Crippen molar-refractivity contribution >= 4 is 17.6 Å². The second kappa shape index (κ2) is 3.58. The fourth-order valence-electron chi connectivity index (χ4n) is 0.811. The van der Waals surface area contributed by atoms with Crippen LogP contribution >= 0.6 is 11.8 Å². The monoisotopic (exact) mass is 209 g/mol. The lowest BCUT2D eigenvalue weighted by Crippen LogP contribution is -1.95. The van der Waals surface area contributed by atoms with E-state index in [1.807, 2.05) is 0 Å². The average Bonchev–Trinajstić information content (AvgIpc) is 2.52. The zero-order chi connectivity index (χ0) is 9.97. The van der Waals surface area contributed by atoms with E-state index in [9.17, 15) is 0 Å². The third kappa shape index (κ3) is 1.79. The number of nitrogens with zero attached hydrogens (tertiary/aromatic N) is 6. The van der Waals surface area contributed by atoms with E-state index >= 15 is 0 Å². The van der Waals surface area contributed by atoms with E-state index < -0.39 is 0 Å². The van der Waals surface area contributed by atoms with Gasteiger partial charge in [-0.2, -0.15) is 0 Å². The van der Waals surface area contributed by atoms with Crippen molar-refractivity contribution in [1.29, 1.82) is 0 Å². The Balaban J connectivity index is 2.23. The maximum atomic E-state index is 5.50. The lowest BCUT2D eigenvalue weighted by atomic mass is 10.6. The molecule has 0 amide bonds. The summed E-state index contributed by atoms with van der Waals surface area (Å²) in [6.45, 7) is 0. The zero-order valence-corrected chi connectivity index (χ0v) is 8.14. The molecule has 2 N–H and O–H groups in total. The number of rotatable bonds is 2. The van der Waals surface area contributed by atoms with E-state index in [0.29, 0.717) is 11.0 Å². The van der Waals surface area contributed by atoms with Gasteiger partial charge in [-0.25, -0.2) is 14.6 Å². The maximum absolute atomic E-state index is 5.50. The van der Waals surface area contributed by atoms with Crippen LogP contribution in [-0.4, -0.2) is 30.2 Å². The van der Waals surface area contributed by atoms with Crippen LogP contribution in [0.3, 0.4) is 0 Å². The largest absolute Gasteiger partial charge is 0.384 e. The van der Waals surface area contributed by atoms with E-state index in [2.05, 4.69) is 25.5 Å². The van der Waals surface area contributed by atoms with E-state index in [4.69, 9.17) is 5.73 Å². The lowest BCUT2D eigenvalue weighted by Gasteiger charge is -1.98. The third-order valence-electron chi connectivity index (χ3n) is 1.44. The van der Waals surface area contributed by atoms with Crippen molar-refractivity contribution in [3.05, 3.63) is 12.4 Å². The zero-order valence-electron chi connectivity index (χ0n) is 7.32. The molecule has 0 saturated carbocycles. The van der Waals surface area contributed by atoms with Gasteiger partial charge in [-0.05, 0) is 22.2 Å². The number of tetrazole rings is 1. The molecule has 72 valence electrons. The number of anilines is 1. The van der Waals surface area contributed by atoms with Gasteiger partial charge in [0.1, 0.15) is 17.2 Å². The van der Waals surface area contributed by atoms with Crippen LogP contribution in [0.5, 0.6) is 0 Å². The Morgan fingerprint density at radius 3 is 2.93 bits per heavy atom. The molecule has 14 heavy (non-hydrogen) atoms. The van der Waals surface area contributed by atoms with Gasteiger partial charge >= 0.3 is 0 Å². The van der Waals surface area contributed by atoms with E-state index in [0.717, 1.165) is 5.03 Å². The molecule has 7 nitrogen and oxygen atoms in total. The molecule has 0 aliphatic rings. The van der Waals surface area contributed by atoms with Gasteiger partial charge in [0.2, 0.25) is 5.16 Å². The second-order valence-corrected chi connectivity index (χ2v) is 3.46. The number of aryl methyl sites for hydroxylation is 1. The summed E-state index contributed by atoms with van der Waals surface area (Å²) in [4.78, 5) is 7.80.